The number of anilines is 2. The zero-order valence-electron chi connectivity index (χ0n) is 16.9. The Balaban J connectivity index is 1.80. The van der Waals surface area contributed by atoms with Gasteiger partial charge in [-0.1, -0.05) is 18.2 Å². The first-order chi connectivity index (χ1) is 15.0. The van der Waals surface area contributed by atoms with E-state index in [0.717, 1.165) is 7.14 Å². The van der Waals surface area contributed by atoms with Crippen LogP contribution in [0.1, 0.15) is 11.1 Å². The molecule has 7 nitrogen and oxygen atoms in total. The van der Waals surface area contributed by atoms with Crippen LogP contribution in [0, 0.1) is 7.14 Å². The summed E-state index contributed by atoms with van der Waals surface area (Å²) >= 11 is 4.20. The maximum atomic E-state index is 12.7. The zero-order valence-corrected chi connectivity index (χ0v) is 22.8. The normalized spacial score (nSPS) is 11.7. The van der Waals surface area contributed by atoms with E-state index in [4.69, 9.17) is 4.74 Å². The Kier molecular flexibility index (Phi) is 8.27. The SMILES string of the molecule is COc1ccc(CS(=O)(=O)Nc2cccc(I)c2)cc1CS(=O)(=O)Nc1cccc(I)c1. The highest BCUT2D eigenvalue weighted by Crippen LogP contribution is 2.25. The molecule has 0 saturated carbocycles. The van der Waals surface area contributed by atoms with Crippen molar-refractivity contribution in [3.05, 3.63) is 85.0 Å². The molecule has 0 aliphatic rings. The topological polar surface area (TPSA) is 102 Å². The zero-order chi connectivity index (χ0) is 23.4. The molecule has 2 N–H and O–H groups in total. The van der Waals surface area contributed by atoms with Gasteiger partial charge >= 0.3 is 0 Å². The molecule has 0 saturated heterocycles. The first-order valence-electron chi connectivity index (χ1n) is 9.23. The van der Waals surface area contributed by atoms with Gasteiger partial charge in [-0.05, 0) is 99.3 Å². The van der Waals surface area contributed by atoms with Gasteiger partial charge in [-0.15, -0.1) is 0 Å². The Labute approximate surface area is 215 Å². The summed E-state index contributed by atoms with van der Waals surface area (Å²) in [6, 6.07) is 18.7. The molecule has 0 bridgehead atoms. The molecule has 0 aliphatic heterocycles. The van der Waals surface area contributed by atoms with Crippen LogP contribution >= 0.6 is 45.2 Å². The number of methoxy groups -OCH3 is 1. The monoisotopic (exact) mass is 698 g/mol. The second-order valence-electron chi connectivity index (χ2n) is 6.89. The molecule has 0 radical (unpaired) electrons. The predicted molar refractivity (Wildman–Crippen MR) is 144 cm³/mol. The van der Waals surface area contributed by atoms with E-state index in [1.165, 1.54) is 7.11 Å². The number of hydrogen-bond acceptors (Lipinski definition) is 5. The maximum absolute atomic E-state index is 12.7. The highest BCUT2D eigenvalue weighted by atomic mass is 127. The second-order valence-corrected chi connectivity index (χ2v) is 12.8. The highest BCUT2D eigenvalue weighted by molar-refractivity contribution is 14.1. The van der Waals surface area contributed by atoms with Crippen LogP contribution in [-0.4, -0.2) is 23.9 Å². The van der Waals surface area contributed by atoms with Crippen LogP contribution in [0.5, 0.6) is 5.75 Å². The second kappa shape index (κ2) is 10.6. The van der Waals surface area contributed by atoms with Crippen LogP contribution in [-0.2, 0) is 31.6 Å². The van der Waals surface area contributed by atoms with Gasteiger partial charge in [0.2, 0.25) is 20.0 Å². The first kappa shape index (κ1) is 25.1. The molecule has 0 aliphatic carbocycles. The van der Waals surface area contributed by atoms with Crippen LogP contribution < -0.4 is 14.2 Å². The summed E-state index contributed by atoms with van der Waals surface area (Å²) in [5.41, 5.74) is 1.74. The van der Waals surface area contributed by atoms with Gasteiger partial charge in [-0.2, -0.15) is 0 Å². The number of halogens is 2. The fourth-order valence-corrected chi connectivity index (χ4v) is 6.45. The summed E-state index contributed by atoms with van der Waals surface area (Å²) in [6.07, 6.45) is 0. The van der Waals surface area contributed by atoms with Crippen molar-refractivity contribution >= 4 is 76.6 Å². The number of rotatable bonds is 9. The van der Waals surface area contributed by atoms with E-state index in [1.54, 1.807) is 54.6 Å². The largest absolute Gasteiger partial charge is 0.496 e. The van der Waals surface area contributed by atoms with Gasteiger partial charge in [0, 0.05) is 24.1 Å². The Bertz CT molecular complexity index is 1330. The van der Waals surface area contributed by atoms with Gasteiger partial charge in [0.15, 0.2) is 0 Å². The van der Waals surface area contributed by atoms with Gasteiger partial charge in [0.1, 0.15) is 5.75 Å². The third-order valence-electron chi connectivity index (χ3n) is 4.24. The number of benzene rings is 3. The predicted octanol–water partition coefficient (Wildman–Crippen LogP) is 4.79. The molecule has 0 spiro atoms. The molecule has 0 heterocycles. The lowest BCUT2D eigenvalue weighted by molar-refractivity contribution is 0.411. The van der Waals surface area contributed by atoms with Crippen molar-refractivity contribution in [3.63, 3.8) is 0 Å². The first-order valence-corrected chi connectivity index (χ1v) is 14.7. The summed E-state index contributed by atoms with van der Waals surface area (Å²) in [7, 11) is -6.01. The Morgan fingerprint density at radius 1 is 0.750 bits per heavy atom. The molecule has 0 unspecified atom stereocenters. The van der Waals surface area contributed by atoms with E-state index in [2.05, 4.69) is 54.6 Å². The summed E-state index contributed by atoms with van der Waals surface area (Å²) < 4.78 is 62.9. The summed E-state index contributed by atoms with van der Waals surface area (Å²) in [4.78, 5) is 0. The summed E-state index contributed by atoms with van der Waals surface area (Å²) in [5, 5.41) is 0. The number of nitrogens with one attached hydrogen (secondary N) is 2. The minimum absolute atomic E-state index is 0.306. The standard InChI is InChI=1S/C21H20I2N2O5S2/c1-30-21-9-8-15(13-31(26,27)24-19-6-2-4-17(22)11-19)10-16(21)14-32(28,29)25-20-7-3-5-18(23)12-20/h2-12,24-25H,13-14H2,1H3. The third kappa shape index (κ3) is 7.49. The van der Waals surface area contributed by atoms with Gasteiger partial charge in [-0.25, -0.2) is 16.8 Å². The molecule has 3 aromatic carbocycles. The maximum Gasteiger partial charge on any atom is 0.237 e. The van der Waals surface area contributed by atoms with Gasteiger partial charge in [-0.3, -0.25) is 9.44 Å². The smallest absolute Gasteiger partial charge is 0.237 e. The molecule has 0 aromatic heterocycles. The van der Waals surface area contributed by atoms with Crippen molar-refractivity contribution in [2.45, 2.75) is 11.5 Å². The molecular weight excluding hydrogens is 678 g/mol. The molecule has 3 rings (SSSR count). The minimum atomic E-state index is -3.75. The molecular formula is C21H20I2N2O5S2. The van der Waals surface area contributed by atoms with Gasteiger partial charge in [0.25, 0.3) is 0 Å². The fourth-order valence-electron chi connectivity index (χ4n) is 2.99. The van der Waals surface area contributed by atoms with E-state index < -0.39 is 20.0 Å². The molecule has 0 amide bonds. The van der Waals surface area contributed by atoms with E-state index in [0.29, 0.717) is 28.3 Å². The quantitative estimate of drug-likeness (QED) is 0.314. The van der Waals surface area contributed by atoms with E-state index in [-0.39, 0.29) is 11.5 Å². The van der Waals surface area contributed by atoms with Crippen molar-refractivity contribution in [2.75, 3.05) is 16.6 Å². The van der Waals surface area contributed by atoms with Gasteiger partial charge < -0.3 is 4.74 Å². The highest BCUT2D eigenvalue weighted by Gasteiger charge is 2.18. The van der Waals surface area contributed by atoms with Crippen molar-refractivity contribution in [3.8, 4) is 5.75 Å². The lowest BCUT2D eigenvalue weighted by atomic mass is 10.1. The van der Waals surface area contributed by atoms with E-state index >= 15 is 0 Å². The number of hydrogen-bond donors (Lipinski definition) is 2. The average Bonchev–Trinajstić information content (AvgIpc) is 2.66. The molecule has 3 aromatic rings. The van der Waals surface area contributed by atoms with Crippen molar-refractivity contribution in [2.24, 2.45) is 0 Å². The molecule has 0 atom stereocenters. The molecule has 32 heavy (non-hydrogen) atoms. The van der Waals surface area contributed by atoms with Crippen LogP contribution in [0.3, 0.4) is 0 Å². The Morgan fingerprint density at radius 2 is 1.28 bits per heavy atom. The van der Waals surface area contributed by atoms with Crippen LogP contribution in [0.25, 0.3) is 0 Å². The van der Waals surface area contributed by atoms with Crippen molar-refractivity contribution in [1.29, 1.82) is 0 Å². The summed E-state index contributed by atoms with van der Waals surface area (Å²) in [5.74, 6) is -0.301. The minimum Gasteiger partial charge on any atom is -0.496 e. The van der Waals surface area contributed by atoms with Crippen molar-refractivity contribution in [1.82, 2.24) is 0 Å². The molecule has 170 valence electrons. The van der Waals surface area contributed by atoms with Gasteiger partial charge in [0.05, 0.1) is 18.6 Å². The number of sulfonamides is 2. The van der Waals surface area contributed by atoms with Crippen LogP contribution in [0.4, 0.5) is 11.4 Å². The lowest BCUT2D eigenvalue weighted by Crippen LogP contribution is -2.17. The van der Waals surface area contributed by atoms with E-state index in [1.807, 2.05) is 12.1 Å². The summed E-state index contributed by atoms with van der Waals surface area (Å²) in [6.45, 7) is 0. The lowest BCUT2D eigenvalue weighted by Gasteiger charge is -2.14. The van der Waals surface area contributed by atoms with E-state index in [9.17, 15) is 16.8 Å². The van der Waals surface area contributed by atoms with Crippen LogP contribution in [0.2, 0.25) is 0 Å². The third-order valence-corrected chi connectivity index (χ3v) is 8.08. The fraction of sp³-hybridized carbons (Fsp3) is 0.143. The Morgan fingerprint density at radius 3 is 1.78 bits per heavy atom. The molecule has 11 heteroatoms. The van der Waals surface area contributed by atoms with Crippen molar-refractivity contribution < 1.29 is 21.6 Å². The average molecular weight is 698 g/mol. The molecule has 0 fully saturated rings. The number of ether oxygens (including phenoxy) is 1. The Hall–Kier alpha value is -1.58. The van der Waals surface area contributed by atoms with Crippen LogP contribution in [0.15, 0.2) is 66.7 Å².